The highest BCUT2D eigenvalue weighted by molar-refractivity contribution is 7.47. The van der Waals surface area contributed by atoms with E-state index >= 15 is 0 Å². The van der Waals surface area contributed by atoms with E-state index in [9.17, 15) is 43.2 Å². The van der Waals surface area contributed by atoms with Crippen molar-refractivity contribution in [2.45, 2.75) is 463 Å². The second kappa shape index (κ2) is 79.6. The van der Waals surface area contributed by atoms with Gasteiger partial charge in [-0.1, -0.05) is 392 Å². The van der Waals surface area contributed by atoms with Gasteiger partial charge < -0.3 is 33.8 Å². The van der Waals surface area contributed by atoms with Gasteiger partial charge in [0.1, 0.15) is 19.3 Å². The summed E-state index contributed by atoms with van der Waals surface area (Å²) in [6, 6.07) is 0. The number of hydrogen-bond donors (Lipinski definition) is 3. The number of phosphoric acid groups is 2. The Morgan fingerprint density at radius 1 is 0.267 bits per heavy atom. The summed E-state index contributed by atoms with van der Waals surface area (Å²) in [5.74, 6) is -2.14. The molecule has 19 heteroatoms. The molecule has 0 rings (SSSR count). The smallest absolute Gasteiger partial charge is 0.462 e. The van der Waals surface area contributed by atoms with Crippen LogP contribution in [0.1, 0.15) is 445 Å². The first kappa shape index (κ1) is 103. The van der Waals surface area contributed by atoms with E-state index in [2.05, 4.69) is 52.0 Å². The second-order valence-electron chi connectivity index (χ2n) is 30.2. The number of unbranched alkanes of at least 4 members (excludes halogenated alkanes) is 56. The molecule has 620 valence electrons. The van der Waals surface area contributed by atoms with Crippen LogP contribution in [0.2, 0.25) is 0 Å². The molecule has 0 aromatic rings. The Bertz CT molecular complexity index is 2080. The molecule has 0 saturated heterocycles. The fraction of sp³-hybridized carbons (Fsp3) is 0.907. The third kappa shape index (κ3) is 79.4. The lowest BCUT2D eigenvalue weighted by molar-refractivity contribution is -0.161. The van der Waals surface area contributed by atoms with E-state index < -0.39 is 97.5 Å². The Labute approximate surface area is 643 Å². The van der Waals surface area contributed by atoms with E-state index in [-0.39, 0.29) is 25.7 Å². The number of carbonyl (C=O) groups excluding carboxylic acids is 4. The maximum atomic E-state index is 13.1. The second-order valence-corrected chi connectivity index (χ2v) is 33.1. The van der Waals surface area contributed by atoms with Gasteiger partial charge in [0.2, 0.25) is 0 Å². The lowest BCUT2D eigenvalue weighted by atomic mass is 10.0. The highest BCUT2D eigenvalue weighted by Crippen LogP contribution is 2.45. The monoisotopic (exact) mass is 1530 g/mol. The molecule has 3 N–H and O–H groups in total. The number of rotatable bonds is 85. The zero-order valence-electron chi connectivity index (χ0n) is 68.2. The van der Waals surface area contributed by atoms with Gasteiger partial charge in [0.15, 0.2) is 12.2 Å². The van der Waals surface area contributed by atoms with Gasteiger partial charge in [-0.15, -0.1) is 0 Å². The summed E-state index contributed by atoms with van der Waals surface area (Å²) >= 11 is 0. The summed E-state index contributed by atoms with van der Waals surface area (Å²) in [5, 5.41) is 10.6. The van der Waals surface area contributed by atoms with Crippen molar-refractivity contribution in [3.05, 3.63) is 24.3 Å². The van der Waals surface area contributed by atoms with Gasteiger partial charge in [0.05, 0.1) is 26.4 Å². The van der Waals surface area contributed by atoms with Crippen molar-refractivity contribution in [1.82, 2.24) is 0 Å². The van der Waals surface area contributed by atoms with Crippen LogP contribution in [0.25, 0.3) is 0 Å². The van der Waals surface area contributed by atoms with Crippen LogP contribution in [0.15, 0.2) is 24.3 Å². The Morgan fingerprint density at radius 2 is 0.457 bits per heavy atom. The first-order valence-electron chi connectivity index (χ1n) is 44.1. The van der Waals surface area contributed by atoms with Crippen LogP contribution in [-0.4, -0.2) is 96.7 Å². The largest absolute Gasteiger partial charge is 0.472 e. The molecule has 5 atom stereocenters. The quantitative estimate of drug-likeness (QED) is 0.0169. The zero-order valence-corrected chi connectivity index (χ0v) is 70.0. The van der Waals surface area contributed by atoms with Crippen LogP contribution >= 0.6 is 15.6 Å². The fourth-order valence-corrected chi connectivity index (χ4v) is 14.6. The Balaban J connectivity index is 5.17. The summed E-state index contributed by atoms with van der Waals surface area (Å²) in [7, 11) is -9.93. The standard InChI is InChI=1S/C86H164O17P2/c1-5-9-13-17-21-24-27-30-33-35-37-39-41-43-45-48-51-54-57-61-65-69-73-86(91)103-82(77-97-84(89)71-67-63-59-55-52-49-47-44-42-40-38-36-34-31-28-25-22-18-14-10-6-2)79-101-105(94,95)99-75-80(87)74-98-104(92,93)100-78-81(76-96-83(88)70-66-62-58-20-16-12-8-4)102-85(90)72-68-64-60-56-53-50-46-32-29-26-23-19-15-11-7-3/h26,29,32,46,80-82,87H,5-25,27-28,30-31,33-45,47-79H2,1-4H3,(H,92,93)(H,94,95)/b29-26-,46-32-/t80-,81+,82+/m0/s1. The van der Waals surface area contributed by atoms with Crippen LogP contribution in [0.5, 0.6) is 0 Å². The number of aliphatic hydroxyl groups is 1. The summed E-state index contributed by atoms with van der Waals surface area (Å²) in [5.41, 5.74) is 0. The van der Waals surface area contributed by atoms with Crippen molar-refractivity contribution in [3.63, 3.8) is 0 Å². The number of ether oxygens (including phenoxy) is 4. The minimum atomic E-state index is -4.97. The average Bonchev–Trinajstić information content (AvgIpc) is 0.938. The molecule has 0 spiro atoms. The lowest BCUT2D eigenvalue weighted by Gasteiger charge is -2.21. The first-order valence-corrected chi connectivity index (χ1v) is 47.1. The number of carbonyl (C=O) groups is 4. The van der Waals surface area contributed by atoms with Gasteiger partial charge in [0, 0.05) is 25.7 Å². The molecule has 105 heavy (non-hydrogen) atoms. The molecule has 0 aliphatic carbocycles. The first-order chi connectivity index (χ1) is 51.2. The van der Waals surface area contributed by atoms with E-state index in [4.69, 9.17) is 37.0 Å². The van der Waals surface area contributed by atoms with Crippen molar-refractivity contribution in [1.29, 1.82) is 0 Å². The predicted molar refractivity (Wildman–Crippen MR) is 432 cm³/mol. The van der Waals surface area contributed by atoms with Crippen LogP contribution in [0, 0.1) is 0 Å². The van der Waals surface area contributed by atoms with Gasteiger partial charge in [0.25, 0.3) is 0 Å². The van der Waals surface area contributed by atoms with E-state index in [1.165, 1.54) is 250 Å². The molecule has 0 aromatic carbocycles. The molecule has 0 aliphatic heterocycles. The topological polar surface area (TPSA) is 237 Å². The third-order valence-corrected chi connectivity index (χ3v) is 21.6. The van der Waals surface area contributed by atoms with Crippen molar-refractivity contribution >= 4 is 39.5 Å². The Morgan fingerprint density at radius 3 is 0.695 bits per heavy atom. The summed E-state index contributed by atoms with van der Waals surface area (Å²) in [6.45, 7) is 4.93. The van der Waals surface area contributed by atoms with Crippen LogP contribution < -0.4 is 0 Å². The van der Waals surface area contributed by atoms with Crippen LogP contribution in [-0.2, 0) is 65.4 Å². The SMILES string of the molecule is CCCCCC/C=C\C=C/CCCCCCCC(=O)O[C@H](COC(=O)CCCCCCCCC)COP(=O)(O)OC[C@H](O)COP(=O)(O)OC[C@@H](COC(=O)CCCCCCCCCCCCCCCCCCCCCCC)OC(=O)CCCCCCCCCCCCCCCCCCCCCCCC. The lowest BCUT2D eigenvalue weighted by Crippen LogP contribution is -2.30. The van der Waals surface area contributed by atoms with E-state index in [0.29, 0.717) is 25.7 Å². The normalized spacial score (nSPS) is 13.9. The Hall–Kier alpha value is -2.46. The molecular weight excluding hydrogens is 1370 g/mol. The van der Waals surface area contributed by atoms with Gasteiger partial charge >= 0.3 is 39.5 Å². The maximum Gasteiger partial charge on any atom is 0.472 e. The van der Waals surface area contributed by atoms with Crippen molar-refractivity contribution < 1.29 is 80.2 Å². The van der Waals surface area contributed by atoms with Gasteiger partial charge in [-0.25, -0.2) is 9.13 Å². The number of phosphoric ester groups is 2. The Kier molecular flexibility index (Phi) is 77.8. The van der Waals surface area contributed by atoms with E-state index in [1.54, 1.807) is 0 Å². The summed E-state index contributed by atoms with van der Waals surface area (Å²) in [6.07, 6.45) is 77.6. The molecule has 17 nitrogen and oxygen atoms in total. The van der Waals surface area contributed by atoms with Gasteiger partial charge in [-0.3, -0.25) is 37.3 Å². The minimum absolute atomic E-state index is 0.0853. The van der Waals surface area contributed by atoms with Crippen molar-refractivity contribution in [2.24, 2.45) is 0 Å². The highest BCUT2D eigenvalue weighted by Gasteiger charge is 2.30. The number of hydrogen-bond acceptors (Lipinski definition) is 15. The molecular formula is C86H164O17P2. The van der Waals surface area contributed by atoms with Crippen molar-refractivity contribution in [3.8, 4) is 0 Å². The van der Waals surface area contributed by atoms with Crippen molar-refractivity contribution in [2.75, 3.05) is 39.6 Å². The molecule has 0 bridgehead atoms. The molecule has 0 aromatic heterocycles. The maximum absolute atomic E-state index is 13.1. The van der Waals surface area contributed by atoms with E-state index in [0.717, 1.165) is 116 Å². The number of allylic oxidation sites excluding steroid dienone is 4. The number of esters is 4. The molecule has 0 aliphatic rings. The highest BCUT2D eigenvalue weighted by atomic mass is 31.2. The molecule has 0 radical (unpaired) electrons. The fourth-order valence-electron chi connectivity index (χ4n) is 13.0. The summed E-state index contributed by atoms with van der Waals surface area (Å²) in [4.78, 5) is 73.0. The molecule has 0 saturated carbocycles. The van der Waals surface area contributed by atoms with Crippen LogP contribution in [0.3, 0.4) is 0 Å². The average molecular weight is 1530 g/mol. The number of aliphatic hydroxyl groups excluding tert-OH is 1. The van der Waals surface area contributed by atoms with Gasteiger partial charge in [-0.2, -0.15) is 0 Å². The molecule has 0 fully saturated rings. The zero-order chi connectivity index (χ0) is 76.7. The van der Waals surface area contributed by atoms with Gasteiger partial charge in [-0.05, 0) is 51.4 Å². The minimum Gasteiger partial charge on any atom is -0.462 e. The predicted octanol–water partition coefficient (Wildman–Crippen LogP) is 26.1. The third-order valence-electron chi connectivity index (χ3n) is 19.7. The molecule has 2 unspecified atom stereocenters. The molecule has 0 amide bonds. The summed E-state index contributed by atoms with van der Waals surface area (Å²) < 4.78 is 68.7. The van der Waals surface area contributed by atoms with Crippen LogP contribution in [0.4, 0.5) is 0 Å². The van der Waals surface area contributed by atoms with E-state index in [1.807, 2.05) is 0 Å². The molecule has 0 heterocycles.